The molecule has 1 N–H and O–H groups in total. The first-order valence-corrected chi connectivity index (χ1v) is 10.2. The molecule has 6 nitrogen and oxygen atoms in total. The van der Waals surface area contributed by atoms with E-state index in [1.807, 2.05) is 0 Å². The molecule has 0 bridgehead atoms. The molecule has 154 valence electrons. The molecule has 0 unspecified atom stereocenters. The summed E-state index contributed by atoms with van der Waals surface area (Å²) in [5.74, 6) is -0.981. The predicted octanol–water partition coefficient (Wildman–Crippen LogP) is 5.05. The lowest BCUT2D eigenvalue weighted by Gasteiger charge is -2.04. The number of amides is 1. The number of hydrogen-bond donors (Lipinski definition) is 1. The number of carbonyl (C=O) groups excluding carboxylic acids is 2. The van der Waals surface area contributed by atoms with Gasteiger partial charge in [-0.1, -0.05) is 47.6 Å². The minimum absolute atomic E-state index is 0.0515. The van der Waals surface area contributed by atoms with E-state index in [1.54, 1.807) is 62.6 Å². The quantitative estimate of drug-likeness (QED) is 0.651. The average molecular weight is 444 g/mol. The Morgan fingerprint density at radius 1 is 1.17 bits per heavy atom. The van der Waals surface area contributed by atoms with E-state index in [2.05, 4.69) is 4.99 Å². The molecule has 1 aliphatic rings. The third kappa shape index (κ3) is 4.75. The molecule has 1 aliphatic heterocycles. The van der Waals surface area contributed by atoms with E-state index < -0.39 is 11.9 Å². The van der Waals surface area contributed by atoms with Gasteiger partial charge in [0.1, 0.15) is 22.1 Å². The number of esters is 1. The molecule has 0 aliphatic carbocycles. The Kier molecular flexibility index (Phi) is 6.97. The second-order valence-corrected chi connectivity index (χ2v) is 7.47. The summed E-state index contributed by atoms with van der Waals surface area (Å²) in [6.07, 6.45) is 1.68. The number of aliphatic hydroxyl groups is 1. The molecular formula is C22H18ClNO5S. The van der Waals surface area contributed by atoms with Gasteiger partial charge in [-0.3, -0.25) is 4.79 Å². The lowest BCUT2D eigenvalue weighted by atomic mass is 10.1. The summed E-state index contributed by atoms with van der Waals surface area (Å²) in [5, 5.41) is 11.0. The van der Waals surface area contributed by atoms with Crippen LogP contribution in [0, 0.1) is 0 Å². The van der Waals surface area contributed by atoms with Crippen molar-refractivity contribution >= 4 is 46.4 Å². The molecular weight excluding hydrogens is 426 g/mol. The van der Waals surface area contributed by atoms with E-state index in [0.29, 0.717) is 10.7 Å². The van der Waals surface area contributed by atoms with Crippen molar-refractivity contribution in [3.05, 3.63) is 80.9 Å². The molecule has 0 aromatic heterocycles. The van der Waals surface area contributed by atoms with Crippen molar-refractivity contribution in [1.82, 2.24) is 0 Å². The Labute approximate surface area is 182 Å². The Balaban J connectivity index is 2.00. The lowest BCUT2D eigenvalue weighted by Crippen LogP contribution is -2.14. The van der Waals surface area contributed by atoms with Crippen molar-refractivity contribution < 1.29 is 24.2 Å². The van der Waals surface area contributed by atoms with Crippen molar-refractivity contribution in [2.24, 2.45) is 4.99 Å². The molecule has 2 aromatic rings. The van der Waals surface area contributed by atoms with Gasteiger partial charge in [-0.25, -0.2) is 9.79 Å². The first-order valence-electron chi connectivity index (χ1n) is 8.96. The fourth-order valence-electron chi connectivity index (χ4n) is 2.63. The van der Waals surface area contributed by atoms with Crippen LogP contribution in [0.1, 0.15) is 22.8 Å². The van der Waals surface area contributed by atoms with Gasteiger partial charge >= 0.3 is 5.97 Å². The van der Waals surface area contributed by atoms with E-state index in [0.717, 1.165) is 17.3 Å². The topological polar surface area (TPSA) is 85.2 Å². The highest BCUT2D eigenvalue weighted by Crippen LogP contribution is 2.39. The van der Waals surface area contributed by atoms with Crippen LogP contribution in [0.5, 0.6) is 5.75 Å². The highest BCUT2D eigenvalue weighted by molar-refractivity contribution is 8.18. The van der Waals surface area contributed by atoms with E-state index >= 15 is 0 Å². The van der Waals surface area contributed by atoms with Crippen LogP contribution in [-0.4, -0.2) is 35.7 Å². The number of benzene rings is 2. The van der Waals surface area contributed by atoms with Gasteiger partial charge in [0.05, 0.1) is 29.2 Å². The highest BCUT2D eigenvalue weighted by Gasteiger charge is 2.34. The molecule has 0 saturated heterocycles. The van der Waals surface area contributed by atoms with E-state index in [1.165, 1.54) is 6.07 Å². The van der Waals surface area contributed by atoms with Crippen LogP contribution in [0.3, 0.4) is 0 Å². The van der Waals surface area contributed by atoms with Gasteiger partial charge in [-0.05, 0) is 42.8 Å². The van der Waals surface area contributed by atoms with Crippen molar-refractivity contribution in [3.63, 3.8) is 0 Å². The molecule has 0 atom stereocenters. The number of thioether (sulfide) groups is 1. The smallest absolute Gasteiger partial charge is 0.344 e. The third-order valence-electron chi connectivity index (χ3n) is 4.09. The van der Waals surface area contributed by atoms with Crippen molar-refractivity contribution in [1.29, 1.82) is 0 Å². The normalized spacial score (nSPS) is 16.2. The highest BCUT2D eigenvalue weighted by atomic mass is 35.5. The fraction of sp³-hybridized carbons (Fsp3) is 0.136. The van der Waals surface area contributed by atoms with E-state index in [9.17, 15) is 14.7 Å². The van der Waals surface area contributed by atoms with Crippen molar-refractivity contribution in [3.8, 4) is 5.75 Å². The number of aliphatic hydroxyl groups excluding tert-OH is 1. The summed E-state index contributed by atoms with van der Waals surface area (Å²) in [6.45, 7) is 1.76. The standard InChI is InChI=1S/C22H18ClNO5S/c1-3-29-22(27)18-19(25)17(12-13-8-10-14(28-2)11-9-13)30-21(18)24-20(26)15-6-4-5-7-16(15)23/h4-12,25H,3H2,1-2H3/b17-12-,24-21?. The van der Waals surface area contributed by atoms with Crippen LogP contribution >= 0.6 is 23.4 Å². The van der Waals surface area contributed by atoms with Crippen LogP contribution in [0.25, 0.3) is 6.08 Å². The second kappa shape index (κ2) is 9.65. The van der Waals surface area contributed by atoms with E-state index in [4.69, 9.17) is 21.1 Å². The molecule has 2 aromatic carbocycles. The van der Waals surface area contributed by atoms with Gasteiger partial charge in [0, 0.05) is 0 Å². The SMILES string of the molecule is CCOC(=O)C1=C(O)/C(=C/c2ccc(OC)cc2)SC1=NC(=O)c1ccccc1Cl. The summed E-state index contributed by atoms with van der Waals surface area (Å²) < 4.78 is 10.2. The number of carbonyl (C=O) groups is 2. The molecule has 30 heavy (non-hydrogen) atoms. The first-order chi connectivity index (χ1) is 14.4. The number of methoxy groups -OCH3 is 1. The average Bonchev–Trinajstić information content (AvgIpc) is 3.03. The van der Waals surface area contributed by atoms with Crippen LogP contribution in [0.15, 0.2) is 69.8 Å². The van der Waals surface area contributed by atoms with Gasteiger partial charge < -0.3 is 14.6 Å². The number of nitrogens with zero attached hydrogens (tertiary/aromatic N) is 1. The number of hydrogen-bond acceptors (Lipinski definition) is 6. The van der Waals surface area contributed by atoms with Crippen molar-refractivity contribution in [2.75, 3.05) is 13.7 Å². The number of ether oxygens (including phenoxy) is 2. The molecule has 0 fully saturated rings. The van der Waals surface area contributed by atoms with E-state index in [-0.39, 0.29) is 33.6 Å². The molecule has 3 rings (SSSR count). The Bertz CT molecular complexity index is 1070. The van der Waals surface area contributed by atoms with Crippen molar-refractivity contribution in [2.45, 2.75) is 6.92 Å². The molecule has 0 radical (unpaired) electrons. The molecule has 1 amide bonds. The van der Waals surface area contributed by atoms with Gasteiger partial charge in [-0.2, -0.15) is 0 Å². The van der Waals surface area contributed by atoms with Crippen LogP contribution < -0.4 is 4.74 Å². The van der Waals surface area contributed by atoms with Crippen LogP contribution in [0.2, 0.25) is 5.02 Å². The van der Waals surface area contributed by atoms with Gasteiger partial charge in [0.15, 0.2) is 0 Å². The van der Waals surface area contributed by atoms with Gasteiger partial charge in [-0.15, -0.1) is 0 Å². The monoisotopic (exact) mass is 443 g/mol. The Morgan fingerprint density at radius 2 is 1.87 bits per heavy atom. The van der Waals surface area contributed by atoms with Crippen LogP contribution in [-0.2, 0) is 9.53 Å². The lowest BCUT2D eigenvalue weighted by molar-refractivity contribution is -0.138. The Morgan fingerprint density at radius 3 is 2.50 bits per heavy atom. The molecule has 0 saturated carbocycles. The minimum atomic E-state index is -0.758. The van der Waals surface area contributed by atoms with Crippen LogP contribution in [0.4, 0.5) is 0 Å². The maximum Gasteiger partial charge on any atom is 0.344 e. The largest absolute Gasteiger partial charge is 0.506 e. The summed E-state index contributed by atoms with van der Waals surface area (Å²) in [5.41, 5.74) is 0.816. The first kappa shape index (κ1) is 21.7. The molecule has 0 spiro atoms. The zero-order chi connectivity index (χ0) is 21.7. The predicted molar refractivity (Wildman–Crippen MR) is 118 cm³/mol. The molecule has 8 heteroatoms. The number of halogens is 1. The maximum atomic E-state index is 12.6. The molecule has 1 heterocycles. The summed E-state index contributed by atoms with van der Waals surface area (Å²) >= 11 is 7.08. The second-order valence-electron chi connectivity index (χ2n) is 6.03. The minimum Gasteiger partial charge on any atom is -0.506 e. The number of aliphatic imine (C=N–C) groups is 1. The maximum absolute atomic E-state index is 12.6. The zero-order valence-electron chi connectivity index (χ0n) is 16.2. The zero-order valence-corrected chi connectivity index (χ0v) is 17.8. The fourth-order valence-corrected chi connectivity index (χ4v) is 3.86. The summed E-state index contributed by atoms with van der Waals surface area (Å²) in [7, 11) is 1.57. The van der Waals surface area contributed by atoms with Gasteiger partial charge in [0.25, 0.3) is 5.91 Å². The summed E-state index contributed by atoms with van der Waals surface area (Å²) in [4.78, 5) is 29.4. The summed E-state index contributed by atoms with van der Waals surface area (Å²) in [6, 6.07) is 13.6. The van der Waals surface area contributed by atoms with Gasteiger partial charge in [0.2, 0.25) is 0 Å². The Hall–Kier alpha value is -3.03. The third-order valence-corrected chi connectivity index (χ3v) is 5.44. The number of rotatable bonds is 5.